The molecule has 0 bridgehead atoms. The Morgan fingerprint density at radius 2 is 2.27 bits per heavy atom. The molecule has 1 aliphatic heterocycles. The number of carbonyl (C=O) groups is 1. The Morgan fingerprint density at radius 3 is 2.80 bits per heavy atom. The number of rotatable bonds is 5. The van der Waals surface area contributed by atoms with Crippen molar-refractivity contribution in [3.8, 4) is 0 Å². The SMILES string of the molecule is CCC1NC(C)C(=O)N1CCC(C)SC. The second kappa shape index (κ2) is 5.75. The molecule has 1 heterocycles. The summed E-state index contributed by atoms with van der Waals surface area (Å²) >= 11 is 1.86. The van der Waals surface area contributed by atoms with Gasteiger partial charge in [0.2, 0.25) is 5.91 Å². The Morgan fingerprint density at radius 1 is 1.60 bits per heavy atom. The van der Waals surface area contributed by atoms with Gasteiger partial charge in [-0.1, -0.05) is 13.8 Å². The molecule has 1 rings (SSSR count). The van der Waals surface area contributed by atoms with Crippen LogP contribution in [0.25, 0.3) is 0 Å². The van der Waals surface area contributed by atoms with E-state index in [4.69, 9.17) is 0 Å². The predicted molar refractivity (Wildman–Crippen MR) is 66.0 cm³/mol. The van der Waals surface area contributed by atoms with Crippen molar-refractivity contribution in [2.75, 3.05) is 12.8 Å². The summed E-state index contributed by atoms with van der Waals surface area (Å²) in [6.07, 6.45) is 4.44. The number of nitrogens with one attached hydrogen (secondary N) is 1. The molecule has 88 valence electrons. The Bertz CT molecular complexity index is 223. The van der Waals surface area contributed by atoms with E-state index < -0.39 is 0 Å². The number of hydrogen-bond donors (Lipinski definition) is 1. The van der Waals surface area contributed by atoms with E-state index in [1.54, 1.807) is 0 Å². The maximum atomic E-state index is 11.8. The molecule has 1 N–H and O–H groups in total. The van der Waals surface area contributed by atoms with Crippen LogP contribution in [0.4, 0.5) is 0 Å². The maximum Gasteiger partial charge on any atom is 0.240 e. The van der Waals surface area contributed by atoms with Gasteiger partial charge in [-0.05, 0) is 26.0 Å². The lowest BCUT2D eigenvalue weighted by atomic mass is 10.2. The fourth-order valence-electron chi connectivity index (χ4n) is 1.90. The van der Waals surface area contributed by atoms with Crippen LogP contribution in [-0.2, 0) is 4.79 Å². The zero-order valence-electron chi connectivity index (χ0n) is 10.1. The molecule has 15 heavy (non-hydrogen) atoms. The van der Waals surface area contributed by atoms with E-state index in [0.717, 1.165) is 19.4 Å². The molecule has 3 nitrogen and oxygen atoms in total. The van der Waals surface area contributed by atoms with Gasteiger partial charge in [0.25, 0.3) is 0 Å². The summed E-state index contributed by atoms with van der Waals surface area (Å²) in [5, 5.41) is 3.95. The first-order valence-electron chi connectivity index (χ1n) is 5.69. The summed E-state index contributed by atoms with van der Waals surface area (Å²) in [5.74, 6) is 0.259. The van der Waals surface area contributed by atoms with Gasteiger partial charge in [-0.25, -0.2) is 0 Å². The van der Waals surface area contributed by atoms with Crippen molar-refractivity contribution in [2.45, 2.75) is 51.1 Å². The molecule has 0 radical (unpaired) electrons. The molecular weight excluding hydrogens is 208 g/mol. The highest BCUT2D eigenvalue weighted by atomic mass is 32.2. The van der Waals surface area contributed by atoms with Crippen LogP contribution in [0.15, 0.2) is 0 Å². The van der Waals surface area contributed by atoms with Crippen LogP contribution in [0, 0.1) is 0 Å². The van der Waals surface area contributed by atoms with Crippen LogP contribution < -0.4 is 5.32 Å². The third kappa shape index (κ3) is 3.11. The second-order valence-corrected chi connectivity index (χ2v) is 5.46. The van der Waals surface area contributed by atoms with E-state index >= 15 is 0 Å². The second-order valence-electron chi connectivity index (χ2n) is 4.18. The van der Waals surface area contributed by atoms with Gasteiger partial charge in [0, 0.05) is 11.8 Å². The first kappa shape index (κ1) is 12.8. The lowest BCUT2D eigenvalue weighted by Gasteiger charge is -2.24. The van der Waals surface area contributed by atoms with E-state index in [9.17, 15) is 4.79 Å². The lowest BCUT2D eigenvalue weighted by Crippen LogP contribution is -2.38. The molecule has 0 saturated carbocycles. The molecule has 0 aromatic heterocycles. The number of amides is 1. The molecule has 0 aromatic carbocycles. The summed E-state index contributed by atoms with van der Waals surface area (Å²) in [4.78, 5) is 13.8. The summed E-state index contributed by atoms with van der Waals surface area (Å²) < 4.78 is 0. The zero-order chi connectivity index (χ0) is 11.4. The Balaban J connectivity index is 2.47. The van der Waals surface area contributed by atoms with Gasteiger partial charge >= 0.3 is 0 Å². The molecule has 0 aromatic rings. The molecule has 0 spiro atoms. The van der Waals surface area contributed by atoms with E-state index in [1.807, 2.05) is 23.6 Å². The van der Waals surface area contributed by atoms with Crippen molar-refractivity contribution in [1.29, 1.82) is 0 Å². The van der Waals surface area contributed by atoms with Crippen LogP contribution in [0.3, 0.4) is 0 Å². The van der Waals surface area contributed by atoms with Crippen LogP contribution >= 0.6 is 11.8 Å². The van der Waals surface area contributed by atoms with Gasteiger partial charge in [0.1, 0.15) is 0 Å². The van der Waals surface area contributed by atoms with Crippen molar-refractivity contribution < 1.29 is 4.79 Å². The summed E-state index contributed by atoms with van der Waals surface area (Å²) in [6, 6.07) is -0.000430. The Labute approximate surface area is 97.0 Å². The van der Waals surface area contributed by atoms with Gasteiger partial charge in [0.05, 0.1) is 12.2 Å². The van der Waals surface area contributed by atoms with E-state index in [1.165, 1.54) is 0 Å². The Hall–Kier alpha value is -0.220. The average molecular weight is 230 g/mol. The molecule has 1 fully saturated rings. The van der Waals surface area contributed by atoms with E-state index in [2.05, 4.69) is 25.4 Å². The minimum Gasteiger partial charge on any atom is -0.326 e. The Kier molecular flexibility index (Phi) is 4.93. The molecule has 1 aliphatic rings. The van der Waals surface area contributed by atoms with Crippen LogP contribution in [-0.4, -0.2) is 41.1 Å². The van der Waals surface area contributed by atoms with Gasteiger partial charge in [-0.2, -0.15) is 11.8 Å². The largest absolute Gasteiger partial charge is 0.326 e. The predicted octanol–water partition coefficient (Wildman–Crippen LogP) is 1.68. The summed E-state index contributed by atoms with van der Waals surface area (Å²) in [7, 11) is 0. The third-order valence-electron chi connectivity index (χ3n) is 3.04. The van der Waals surface area contributed by atoms with Gasteiger partial charge in [-0.3, -0.25) is 10.1 Å². The number of hydrogen-bond acceptors (Lipinski definition) is 3. The highest BCUT2D eigenvalue weighted by Gasteiger charge is 2.34. The van der Waals surface area contributed by atoms with Crippen molar-refractivity contribution in [3.05, 3.63) is 0 Å². The minimum atomic E-state index is -0.000430. The molecule has 0 aliphatic carbocycles. The number of nitrogens with zero attached hydrogens (tertiary/aromatic N) is 1. The smallest absolute Gasteiger partial charge is 0.240 e. The van der Waals surface area contributed by atoms with Crippen molar-refractivity contribution in [1.82, 2.24) is 10.2 Å². The first-order valence-corrected chi connectivity index (χ1v) is 6.98. The van der Waals surface area contributed by atoms with Crippen LogP contribution in [0.2, 0.25) is 0 Å². The fraction of sp³-hybridized carbons (Fsp3) is 0.909. The highest BCUT2D eigenvalue weighted by Crippen LogP contribution is 2.17. The number of thioether (sulfide) groups is 1. The van der Waals surface area contributed by atoms with Crippen LogP contribution in [0.5, 0.6) is 0 Å². The standard InChI is InChI=1S/C11H22N2OS/c1-5-10-12-9(3)11(14)13(10)7-6-8(2)15-4/h8-10,12H,5-7H2,1-4H3. The van der Waals surface area contributed by atoms with E-state index in [0.29, 0.717) is 5.25 Å². The van der Waals surface area contributed by atoms with Gasteiger partial charge in [0.15, 0.2) is 0 Å². The lowest BCUT2D eigenvalue weighted by molar-refractivity contribution is -0.129. The quantitative estimate of drug-likeness (QED) is 0.780. The molecule has 1 saturated heterocycles. The zero-order valence-corrected chi connectivity index (χ0v) is 10.9. The van der Waals surface area contributed by atoms with E-state index in [-0.39, 0.29) is 18.1 Å². The monoisotopic (exact) mass is 230 g/mol. The first-order chi connectivity index (χ1) is 7.10. The summed E-state index contributed by atoms with van der Waals surface area (Å²) in [5.41, 5.74) is 0. The fourth-order valence-corrected chi connectivity index (χ4v) is 2.24. The highest BCUT2D eigenvalue weighted by molar-refractivity contribution is 7.99. The van der Waals surface area contributed by atoms with Gasteiger partial charge < -0.3 is 4.90 Å². The van der Waals surface area contributed by atoms with Crippen molar-refractivity contribution in [2.24, 2.45) is 0 Å². The maximum absolute atomic E-state index is 11.8. The molecule has 3 unspecified atom stereocenters. The average Bonchev–Trinajstić information content (AvgIpc) is 2.52. The molecule has 1 amide bonds. The third-order valence-corrected chi connectivity index (χ3v) is 4.08. The summed E-state index contributed by atoms with van der Waals surface area (Å²) in [6.45, 7) is 7.16. The molecule has 4 heteroatoms. The van der Waals surface area contributed by atoms with Crippen molar-refractivity contribution >= 4 is 17.7 Å². The topological polar surface area (TPSA) is 32.3 Å². The van der Waals surface area contributed by atoms with Crippen molar-refractivity contribution in [3.63, 3.8) is 0 Å². The van der Waals surface area contributed by atoms with Gasteiger partial charge in [-0.15, -0.1) is 0 Å². The van der Waals surface area contributed by atoms with Crippen LogP contribution in [0.1, 0.15) is 33.6 Å². The molecular formula is C11H22N2OS. The normalized spacial score (nSPS) is 28.5. The molecule has 3 atom stereocenters. The minimum absolute atomic E-state index is 0.000430. The number of carbonyl (C=O) groups excluding carboxylic acids is 1.